The smallest absolute Gasteiger partial charge is 0.341 e. The number of carbonyl (C=O) groups excluding carboxylic acids is 1. The van der Waals surface area contributed by atoms with Crippen LogP contribution < -0.4 is 0 Å². The van der Waals surface area contributed by atoms with Crippen LogP contribution in [0.2, 0.25) is 0 Å². The molecule has 1 rings (SSSR count). The number of unbranched alkanes of at least 4 members (excludes halogenated alkanes) is 2. The highest BCUT2D eigenvalue weighted by Crippen LogP contribution is 2.22. The van der Waals surface area contributed by atoms with Crippen molar-refractivity contribution < 1.29 is 22.7 Å². The van der Waals surface area contributed by atoms with E-state index >= 15 is 0 Å². The molecule has 0 amide bonds. The molecule has 2 nitrogen and oxygen atoms in total. The first-order chi connectivity index (χ1) is 8.49. The highest BCUT2D eigenvalue weighted by Gasteiger charge is 2.22. The number of esters is 1. The van der Waals surface area contributed by atoms with Gasteiger partial charge in [-0.15, -0.1) is 0 Å². The van der Waals surface area contributed by atoms with Crippen LogP contribution in [0.1, 0.15) is 36.5 Å². The first-order valence-corrected chi connectivity index (χ1v) is 6.57. The summed E-state index contributed by atoms with van der Waals surface area (Å²) < 4.78 is 43.9. The monoisotopic (exact) mass is 372 g/mol. The number of halogens is 4. The molecule has 0 saturated carbocycles. The summed E-state index contributed by atoms with van der Waals surface area (Å²) in [7, 11) is 0. The number of carbonyl (C=O) groups is 1. The molecular formula is C12H12F3IO2. The maximum absolute atomic E-state index is 13.6. The molecule has 0 saturated heterocycles. The van der Waals surface area contributed by atoms with E-state index in [0.29, 0.717) is 12.5 Å². The van der Waals surface area contributed by atoms with Gasteiger partial charge in [0.05, 0.1) is 15.7 Å². The van der Waals surface area contributed by atoms with Crippen molar-refractivity contribution >= 4 is 28.6 Å². The lowest BCUT2D eigenvalue weighted by Crippen LogP contribution is -2.11. The van der Waals surface area contributed by atoms with Gasteiger partial charge in [0.1, 0.15) is 0 Å². The summed E-state index contributed by atoms with van der Waals surface area (Å²) in [6.07, 6.45) is 2.49. The van der Waals surface area contributed by atoms with Crippen molar-refractivity contribution in [2.24, 2.45) is 0 Å². The zero-order valence-electron chi connectivity index (χ0n) is 9.73. The normalized spacial score (nSPS) is 10.5. The predicted octanol–water partition coefficient (Wildman–Crippen LogP) is 4.06. The van der Waals surface area contributed by atoms with Gasteiger partial charge in [-0.3, -0.25) is 0 Å². The Labute approximate surface area is 117 Å². The summed E-state index contributed by atoms with van der Waals surface area (Å²) in [5.41, 5.74) is -0.574. The molecule has 0 fully saturated rings. The Hall–Kier alpha value is -0.790. The van der Waals surface area contributed by atoms with Gasteiger partial charge < -0.3 is 4.74 Å². The van der Waals surface area contributed by atoms with Crippen LogP contribution >= 0.6 is 22.6 Å². The highest BCUT2D eigenvalue weighted by atomic mass is 127. The molecule has 1 aromatic rings. The Bertz CT molecular complexity index is 449. The third-order valence-electron chi connectivity index (χ3n) is 2.30. The van der Waals surface area contributed by atoms with Crippen LogP contribution in [-0.2, 0) is 4.74 Å². The molecule has 0 bridgehead atoms. The maximum Gasteiger partial charge on any atom is 0.341 e. The van der Waals surface area contributed by atoms with Crippen LogP contribution in [0.3, 0.4) is 0 Å². The Morgan fingerprint density at radius 1 is 1.28 bits per heavy atom. The summed E-state index contributed by atoms with van der Waals surface area (Å²) >= 11 is 1.31. The van der Waals surface area contributed by atoms with Crippen LogP contribution in [0.15, 0.2) is 6.07 Å². The van der Waals surface area contributed by atoms with Gasteiger partial charge in [0.15, 0.2) is 17.5 Å². The molecule has 1 aromatic carbocycles. The molecule has 6 heteroatoms. The van der Waals surface area contributed by atoms with Gasteiger partial charge in [-0.25, -0.2) is 18.0 Å². The number of benzene rings is 1. The molecular weight excluding hydrogens is 360 g/mol. The minimum absolute atomic E-state index is 0.141. The first kappa shape index (κ1) is 15.3. The topological polar surface area (TPSA) is 26.3 Å². The van der Waals surface area contributed by atoms with E-state index in [1.165, 1.54) is 22.6 Å². The third-order valence-corrected chi connectivity index (χ3v) is 3.25. The fourth-order valence-electron chi connectivity index (χ4n) is 1.32. The Morgan fingerprint density at radius 2 is 1.94 bits per heavy atom. The van der Waals surface area contributed by atoms with Crippen LogP contribution in [0.5, 0.6) is 0 Å². The minimum Gasteiger partial charge on any atom is -0.462 e. The molecule has 0 unspecified atom stereocenters. The van der Waals surface area contributed by atoms with Crippen LogP contribution in [0, 0.1) is 21.0 Å². The standard InChI is InChI=1S/C12H12F3IO2/c1-2-3-4-5-18-12(17)7-6-8(13)10(15)11(16)9(7)14/h6H,2-5H2,1H3. The van der Waals surface area contributed by atoms with Crippen LogP contribution in [-0.4, -0.2) is 12.6 Å². The lowest BCUT2D eigenvalue weighted by Gasteiger charge is -2.07. The number of rotatable bonds is 5. The van der Waals surface area contributed by atoms with Crippen LogP contribution in [0.4, 0.5) is 13.2 Å². The van der Waals surface area contributed by atoms with Crippen molar-refractivity contribution in [1.82, 2.24) is 0 Å². The van der Waals surface area contributed by atoms with Gasteiger partial charge >= 0.3 is 5.97 Å². The summed E-state index contributed by atoms with van der Waals surface area (Å²) in [6.45, 7) is 2.13. The van der Waals surface area contributed by atoms with Gasteiger partial charge in [-0.1, -0.05) is 19.8 Å². The average Bonchev–Trinajstić information content (AvgIpc) is 2.36. The lowest BCUT2D eigenvalue weighted by molar-refractivity contribution is 0.0491. The predicted molar refractivity (Wildman–Crippen MR) is 68.8 cm³/mol. The minimum atomic E-state index is -1.30. The molecule has 0 radical (unpaired) electrons. The van der Waals surface area contributed by atoms with Crippen molar-refractivity contribution in [2.75, 3.05) is 6.61 Å². The quantitative estimate of drug-likeness (QED) is 0.256. The van der Waals surface area contributed by atoms with Crippen molar-refractivity contribution in [3.63, 3.8) is 0 Å². The second-order valence-electron chi connectivity index (χ2n) is 3.69. The van der Waals surface area contributed by atoms with Crippen LogP contribution in [0.25, 0.3) is 0 Å². The molecule has 0 aliphatic rings. The zero-order chi connectivity index (χ0) is 13.7. The molecule has 18 heavy (non-hydrogen) atoms. The van der Waals surface area contributed by atoms with E-state index in [4.69, 9.17) is 4.74 Å². The summed E-state index contributed by atoms with van der Waals surface area (Å²) in [4.78, 5) is 11.5. The van der Waals surface area contributed by atoms with E-state index < -0.39 is 32.6 Å². The second kappa shape index (κ2) is 6.96. The SMILES string of the molecule is CCCCCOC(=O)c1cc(F)c(F)c(I)c1F. The van der Waals surface area contributed by atoms with E-state index in [1.807, 2.05) is 6.92 Å². The van der Waals surface area contributed by atoms with Gasteiger partial charge in [-0.05, 0) is 35.1 Å². The fourth-order valence-corrected chi connectivity index (χ4v) is 1.86. The van der Waals surface area contributed by atoms with Crippen molar-refractivity contribution in [2.45, 2.75) is 26.2 Å². The third kappa shape index (κ3) is 3.60. The molecule has 0 spiro atoms. The van der Waals surface area contributed by atoms with E-state index in [2.05, 4.69) is 0 Å². The number of hydrogen-bond donors (Lipinski definition) is 0. The number of ether oxygens (including phenoxy) is 1. The van der Waals surface area contributed by atoms with Gasteiger partial charge in [0.25, 0.3) is 0 Å². The second-order valence-corrected chi connectivity index (χ2v) is 4.77. The van der Waals surface area contributed by atoms with Crippen molar-refractivity contribution in [3.05, 3.63) is 32.7 Å². The summed E-state index contributed by atoms with van der Waals surface area (Å²) in [6, 6.07) is 0.523. The Kier molecular flexibility index (Phi) is 5.90. The van der Waals surface area contributed by atoms with Gasteiger partial charge in [-0.2, -0.15) is 0 Å². The highest BCUT2D eigenvalue weighted by molar-refractivity contribution is 14.1. The lowest BCUT2D eigenvalue weighted by atomic mass is 10.2. The van der Waals surface area contributed by atoms with E-state index in [1.54, 1.807) is 0 Å². The summed E-state index contributed by atoms with van der Waals surface area (Å²) in [5, 5.41) is 0. The fraction of sp³-hybridized carbons (Fsp3) is 0.417. The van der Waals surface area contributed by atoms with E-state index in [-0.39, 0.29) is 6.61 Å². The Morgan fingerprint density at radius 3 is 2.56 bits per heavy atom. The van der Waals surface area contributed by atoms with E-state index in [0.717, 1.165) is 12.8 Å². The Balaban J connectivity index is 2.80. The first-order valence-electron chi connectivity index (χ1n) is 5.49. The van der Waals surface area contributed by atoms with Crippen molar-refractivity contribution in [3.8, 4) is 0 Å². The molecule has 0 aliphatic carbocycles. The molecule has 100 valence electrons. The van der Waals surface area contributed by atoms with E-state index in [9.17, 15) is 18.0 Å². The van der Waals surface area contributed by atoms with Crippen molar-refractivity contribution in [1.29, 1.82) is 0 Å². The zero-order valence-corrected chi connectivity index (χ0v) is 11.9. The average molecular weight is 372 g/mol. The molecule has 0 heterocycles. The van der Waals surface area contributed by atoms with Gasteiger partial charge in [0.2, 0.25) is 0 Å². The number of hydrogen-bond acceptors (Lipinski definition) is 2. The molecule has 0 N–H and O–H groups in total. The molecule has 0 atom stereocenters. The maximum atomic E-state index is 13.6. The van der Waals surface area contributed by atoms with Gasteiger partial charge in [0, 0.05) is 0 Å². The summed E-state index contributed by atoms with van der Waals surface area (Å²) in [5.74, 6) is -4.62. The largest absolute Gasteiger partial charge is 0.462 e. The molecule has 0 aliphatic heterocycles. The molecule has 0 aromatic heterocycles.